The number of carbonyl (C=O) groups is 3. The molecule has 3 N–H and O–H groups in total. The summed E-state index contributed by atoms with van der Waals surface area (Å²) in [5, 5.41) is 20.5. The van der Waals surface area contributed by atoms with Crippen LogP contribution in [-0.2, 0) is 0 Å². The molecule has 6 nitrogen and oxygen atoms in total. The molecule has 0 saturated heterocycles. The van der Waals surface area contributed by atoms with Crippen LogP contribution in [0, 0.1) is 0 Å². The minimum atomic E-state index is -1.36. The van der Waals surface area contributed by atoms with Gasteiger partial charge >= 0.3 is 11.9 Å². The molecule has 0 aliphatic carbocycles. The zero-order valence-electron chi connectivity index (χ0n) is 10.7. The van der Waals surface area contributed by atoms with Crippen molar-refractivity contribution in [3.63, 3.8) is 0 Å². The fraction of sp³-hybridized carbons (Fsp3) is 0. The third-order valence-corrected chi connectivity index (χ3v) is 2.77. The van der Waals surface area contributed by atoms with Gasteiger partial charge in [-0.05, 0) is 30.3 Å². The fourth-order valence-corrected chi connectivity index (χ4v) is 1.77. The number of carbonyl (C=O) groups excluding carboxylic acids is 1. The van der Waals surface area contributed by atoms with Crippen molar-refractivity contribution in [3.05, 3.63) is 65.2 Å². The highest BCUT2D eigenvalue weighted by Gasteiger charge is 2.19. The van der Waals surface area contributed by atoms with Crippen molar-refractivity contribution in [2.45, 2.75) is 0 Å². The molecule has 2 rings (SSSR count). The van der Waals surface area contributed by atoms with E-state index in [1.807, 2.05) is 0 Å². The second-order valence-corrected chi connectivity index (χ2v) is 4.19. The van der Waals surface area contributed by atoms with E-state index in [1.165, 1.54) is 12.1 Å². The maximum absolute atomic E-state index is 12.1. The van der Waals surface area contributed by atoms with Crippen molar-refractivity contribution in [2.24, 2.45) is 0 Å². The Morgan fingerprint density at radius 3 is 2.05 bits per heavy atom. The average Bonchev–Trinajstić information content (AvgIpc) is 2.47. The highest BCUT2D eigenvalue weighted by Crippen LogP contribution is 2.15. The first-order valence-electron chi connectivity index (χ1n) is 5.96. The van der Waals surface area contributed by atoms with Crippen molar-refractivity contribution in [3.8, 4) is 0 Å². The second kappa shape index (κ2) is 5.87. The quantitative estimate of drug-likeness (QED) is 0.799. The van der Waals surface area contributed by atoms with Crippen LogP contribution in [0.2, 0.25) is 0 Å². The van der Waals surface area contributed by atoms with Crippen molar-refractivity contribution in [1.82, 2.24) is 0 Å². The molecular formula is C15H11NO5. The fourth-order valence-electron chi connectivity index (χ4n) is 1.77. The minimum Gasteiger partial charge on any atom is -0.478 e. The molecule has 0 fully saturated rings. The average molecular weight is 285 g/mol. The van der Waals surface area contributed by atoms with E-state index >= 15 is 0 Å². The summed E-state index contributed by atoms with van der Waals surface area (Å²) in [6, 6.07) is 11.9. The van der Waals surface area contributed by atoms with Gasteiger partial charge in [0.05, 0.1) is 16.7 Å². The number of carboxylic acids is 2. The lowest BCUT2D eigenvalue weighted by Gasteiger charge is -2.08. The highest BCUT2D eigenvalue weighted by atomic mass is 16.4. The lowest BCUT2D eigenvalue weighted by atomic mass is 10.0. The largest absolute Gasteiger partial charge is 0.478 e. The van der Waals surface area contributed by atoms with Gasteiger partial charge in [0.15, 0.2) is 0 Å². The zero-order chi connectivity index (χ0) is 15.4. The third-order valence-electron chi connectivity index (χ3n) is 2.77. The smallest absolute Gasteiger partial charge is 0.336 e. The van der Waals surface area contributed by atoms with Crippen LogP contribution in [0.25, 0.3) is 0 Å². The summed E-state index contributed by atoms with van der Waals surface area (Å²) in [5.74, 6) is -3.24. The van der Waals surface area contributed by atoms with Gasteiger partial charge in [-0.15, -0.1) is 0 Å². The number of benzene rings is 2. The van der Waals surface area contributed by atoms with E-state index < -0.39 is 17.8 Å². The van der Waals surface area contributed by atoms with Gasteiger partial charge in [0.1, 0.15) is 0 Å². The Kier molecular flexibility index (Phi) is 3.99. The van der Waals surface area contributed by atoms with Crippen LogP contribution in [0.4, 0.5) is 5.69 Å². The lowest BCUT2D eigenvalue weighted by Crippen LogP contribution is -2.17. The van der Waals surface area contributed by atoms with E-state index in [0.29, 0.717) is 5.69 Å². The van der Waals surface area contributed by atoms with Gasteiger partial charge < -0.3 is 15.5 Å². The number of para-hydroxylation sites is 1. The van der Waals surface area contributed by atoms with Gasteiger partial charge in [0, 0.05) is 5.69 Å². The van der Waals surface area contributed by atoms with Crippen molar-refractivity contribution in [1.29, 1.82) is 0 Å². The highest BCUT2D eigenvalue weighted by molar-refractivity contribution is 6.11. The van der Waals surface area contributed by atoms with Crippen LogP contribution < -0.4 is 5.32 Å². The molecule has 2 aromatic rings. The van der Waals surface area contributed by atoms with Crippen LogP contribution in [0.5, 0.6) is 0 Å². The Morgan fingerprint density at radius 1 is 0.810 bits per heavy atom. The van der Waals surface area contributed by atoms with E-state index in [0.717, 1.165) is 6.07 Å². The van der Waals surface area contributed by atoms with Gasteiger partial charge in [0.25, 0.3) is 5.91 Å². The van der Waals surface area contributed by atoms with Crippen LogP contribution in [0.1, 0.15) is 31.1 Å². The monoisotopic (exact) mass is 285 g/mol. The number of hydrogen-bond acceptors (Lipinski definition) is 3. The molecule has 0 aromatic heterocycles. The molecule has 0 spiro atoms. The van der Waals surface area contributed by atoms with Crippen LogP contribution in [0.3, 0.4) is 0 Å². The molecular weight excluding hydrogens is 274 g/mol. The Hall–Kier alpha value is -3.15. The summed E-state index contributed by atoms with van der Waals surface area (Å²) in [7, 11) is 0. The Labute approximate surface area is 119 Å². The normalized spacial score (nSPS) is 9.90. The molecule has 1 amide bonds. The molecule has 0 heterocycles. The molecule has 0 radical (unpaired) electrons. The SMILES string of the molecule is O=C(O)c1ccc(C(=O)Nc2ccccc2)c(C(=O)O)c1. The van der Waals surface area contributed by atoms with E-state index in [1.54, 1.807) is 30.3 Å². The molecule has 0 aliphatic heterocycles. The maximum atomic E-state index is 12.1. The van der Waals surface area contributed by atoms with Gasteiger partial charge in [-0.2, -0.15) is 0 Å². The first-order valence-corrected chi connectivity index (χ1v) is 5.96. The lowest BCUT2D eigenvalue weighted by molar-refractivity contribution is 0.0692. The molecule has 6 heteroatoms. The second-order valence-electron chi connectivity index (χ2n) is 4.19. The first-order chi connectivity index (χ1) is 9.99. The van der Waals surface area contributed by atoms with Crippen molar-refractivity contribution in [2.75, 3.05) is 5.32 Å². The van der Waals surface area contributed by atoms with Crippen molar-refractivity contribution >= 4 is 23.5 Å². The molecule has 0 atom stereocenters. The van der Waals surface area contributed by atoms with Crippen LogP contribution in [0.15, 0.2) is 48.5 Å². The van der Waals surface area contributed by atoms with E-state index in [2.05, 4.69) is 5.32 Å². The van der Waals surface area contributed by atoms with Gasteiger partial charge in [0.2, 0.25) is 0 Å². The zero-order valence-corrected chi connectivity index (χ0v) is 10.7. The van der Waals surface area contributed by atoms with Crippen LogP contribution >= 0.6 is 0 Å². The molecule has 2 aromatic carbocycles. The van der Waals surface area contributed by atoms with Gasteiger partial charge in [-0.1, -0.05) is 18.2 Å². The summed E-state index contributed by atoms with van der Waals surface area (Å²) in [5.41, 5.74) is -0.135. The maximum Gasteiger partial charge on any atom is 0.336 e. The summed E-state index contributed by atoms with van der Waals surface area (Å²) in [6.07, 6.45) is 0. The molecule has 0 bridgehead atoms. The van der Waals surface area contributed by atoms with E-state index in [4.69, 9.17) is 10.2 Å². The summed E-state index contributed by atoms with van der Waals surface area (Å²) < 4.78 is 0. The number of carboxylic acid groups (broad SMARTS) is 2. The number of nitrogens with one attached hydrogen (secondary N) is 1. The minimum absolute atomic E-state index is 0.101. The Morgan fingerprint density at radius 2 is 1.48 bits per heavy atom. The third kappa shape index (κ3) is 3.24. The Balaban J connectivity index is 2.36. The number of aromatic carboxylic acids is 2. The molecule has 0 saturated carbocycles. The van der Waals surface area contributed by atoms with E-state index in [-0.39, 0.29) is 16.7 Å². The number of amides is 1. The van der Waals surface area contributed by atoms with E-state index in [9.17, 15) is 14.4 Å². The summed E-state index contributed by atoms with van der Waals surface area (Å²) >= 11 is 0. The molecule has 0 unspecified atom stereocenters. The molecule has 21 heavy (non-hydrogen) atoms. The first kappa shape index (κ1) is 14.3. The van der Waals surface area contributed by atoms with Gasteiger partial charge in [-0.3, -0.25) is 4.79 Å². The predicted molar refractivity (Wildman–Crippen MR) is 74.8 cm³/mol. The van der Waals surface area contributed by atoms with Crippen LogP contribution in [-0.4, -0.2) is 28.1 Å². The summed E-state index contributed by atoms with van der Waals surface area (Å²) in [4.78, 5) is 34.1. The van der Waals surface area contributed by atoms with Gasteiger partial charge in [-0.25, -0.2) is 9.59 Å². The molecule has 0 aliphatic rings. The molecule has 106 valence electrons. The number of hydrogen-bond donors (Lipinski definition) is 3. The predicted octanol–water partition coefficient (Wildman–Crippen LogP) is 2.34. The number of rotatable bonds is 4. The number of anilines is 1. The summed E-state index contributed by atoms with van der Waals surface area (Å²) in [6.45, 7) is 0. The Bertz CT molecular complexity index is 709. The topological polar surface area (TPSA) is 104 Å². The standard InChI is InChI=1S/C15H11NO5/c17-13(16-10-4-2-1-3-5-10)11-7-6-9(14(18)19)8-12(11)15(20)21/h1-8H,(H,16,17)(H,18,19)(H,20,21). The van der Waals surface area contributed by atoms with Crippen molar-refractivity contribution < 1.29 is 24.6 Å².